The van der Waals surface area contributed by atoms with Crippen molar-refractivity contribution in [1.82, 2.24) is 0 Å². The van der Waals surface area contributed by atoms with Crippen LogP contribution in [0.2, 0.25) is 0 Å². The molecule has 20 heavy (non-hydrogen) atoms. The number of aliphatic imine (C=N–C) groups is 1. The molecular weight excluding hydrogens is 413 g/mol. The van der Waals surface area contributed by atoms with Gasteiger partial charge in [-0.1, -0.05) is 0 Å². The van der Waals surface area contributed by atoms with Crippen LogP contribution in [0.3, 0.4) is 0 Å². The van der Waals surface area contributed by atoms with Crippen molar-refractivity contribution in [2.75, 3.05) is 7.11 Å². The number of ether oxygens (including phenoxy) is 1. The van der Waals surface area contributed by atoms with E-state index in [0.29, 0.717) is 6.07 Å². The number of nitrogens with two attached hydrogens (primary N) is 2. The van der Waals surface area contributed by atoms with Crippen molar-refractivity contribution in [2.24, 2.45) is 16.5 Å². The lowest BCUT2D eigenvalue weighted by Gasteiger charge is -2.13. The molecule has 1 rings (SSSR count). The van der Waals surface area contributed by atoms with Crippen LogP contribution in [0.15, 0.2) is 17.1 Å². The van der Waals surface area contributed by atoms with Gasteiger partial charge in [-0.3, -0.25) is 4.79 Å². The van der Waals surface area contributed by atoms with E-state index in [-0.39, 0.29) is 27.3 Å². The highest BCUT2D eigenvalue weighted by atomic mass is 127. The maximum atomic E-state index is 12.7. The summed E-state index contributed by atoms with van der Waals surface area (Å²) < 4.78 is 43.0. The minimum absolute atomic E-state index is 0. The van der Waals surface area contributed by atoms with Crippen LogP contribution < -0.4 is 16.2 Å². The van der Waals surface area contributed by atoms with E-state index in [1.165, 1.54) is 7.11 Å². The van der Waals surface area contributed by atoms with E-state index >= 15 is 0 Å². The number of halogens is 5. The summed E-state index contributed by atoms with van der Waals surface area (Å²) in [7, 11) is 1.23. The summed E-state index contributed by atoms with van der Waals surface area (Å²) in [6.07, 6.45) is -4.58. The predicted molar refractivity (Wildman–Crippen MR) is 78.1 cm³/mol. The van der Waals surface area contributed by atoms with Crippen molar-refractivity contribution < 1.29 is 22.7 Å². The normalized spacial score (nSPS) is 10.4. The van der Waals surface area contributed by atoms with Gasteiger partial charge in [-0.2, -0.15) is 18.2 Å². The quantitative estimate of drug-likeness (QED) is 0.433. The van der Waals surface area contributed by atoms with Crippen molar-refractivity contribution in [3.63, 3.8) is 0 Å². The van der Waals surface area contributed by atoms with E-state index in [4.69, 9.17) is 16.2 Å². The lowest BCUT2D eigenvalue weighted by Crippen LogP contribution is -2.24. The standard InChI is InChI=1S/C10H9F3IN3O2.ClH/c1-19-7-5(8(18)17-9(15)16)2-4(3-6(7)14)10(11,12)13;/h2-3H,1H3,(H4,15,16,17,18);1H. The van der Waals surface area contributed by atoms with E-state index < -0.39 is 23.6 Å². The molecule has 0 aliphatic heterocycles. The lowest BCUT2D eigenvalue weighted by molar-refractivity contribution is -0.137. The zero-order valence-corrected chi connectivity index (χ0v) is 13.0. The number of amides is 1. The Morgan fingerprint density at radius 1 is 1.35 bits per heavy atom. The number of carbonyl (C=O) groups is 1. The van der Waals surface area contributed by atoms with E-state index in [1.807, 2.05) is 0 Å². The van der Waals surface area contributed by atoms with E-state index in [1.54, 1.807) is 22.6 Å². The fraction of sp³-hybridized carbons (Fsp3) is 0.200. The minimum Gasteiger partial charge on any atom is -0.495 e. The number of benzene rings is 1. The van der Waals surface area contributed by atoms with Gasteiger partial charge in [-0.25, -0.2) is 0 Å². The third-order valence-electron chi connectivity index (χ3n) is 2.04. The molecule has 0 bridgehead atoms. The van der Waals surface area contributed by atoms with E-state index in [2.05, 4.69) is 4.99 Å². The van der Waals surface area contributed by atoms with Crippen LogP contribution in [0.1, 0.15) is 15.9 Å². The molecule has 1 amide bonds. The summed E-state index contributed by atoms with van der Waals surface area (Å²) in [5.41, 5.74) is 8.72. The molecule has 10 heteroatoms. The Balaban J connectivity index is 0.00000361. The van der Waals surface area contributed by atoms with E-state index in [0.717, 1.165) is 6.07 Å². The van der Waals surface area contributed by atoms with Gasteiger partial charge >= 0.3 is 6.18 Å². The minimum atomic E-state index is -4.58. The van der Waals surface area contributed by atoms with Gasteiger partial charge < -0.3 is 16.2 Å². The van der Waals surface area contributed by atoms with Gasteiger partial charge in [0.15, 0.2) is 5.96 Å². The second kappa shape index (κ2) is 6.97. The zero-order chi connectivity index (χ0) is 14.8. The van der Waals surface area contributed by atoms with Crippen LogP contribution in [-0.2, 0) is 6.18 Å². The number of carbonyl (C=O) groups excluding carboxylic acids is 1. The third-order valence-corrected chi connectivity index (χ3v) is 2.84. The highest BCUT2D eigenvalue weighted by Crippen LogP contribution is 2.36. The van der Waals surface area contributed by atoms with Crippen LogP contribution in [0.25, 0.3) is 0 Å². The Bertz CT molecular complexity index is 545. The number of rotatable bonds is 2. The Labute approximate surface area is 132 Å². The van der Waals surface area contributed by atoms with Crippen LogP contribution in [-0.4, -0.2) is 19.0 Å². The van der Waals surface area contributed by atoms with Crippen molar-refractivity contribution >= 4 is 46.9 Å². The molecule has 1 aromatic rings. The van der Waals surface area contributed by atoms with Crippen molar-refractivity contribution in [3.8, 4) is 5.75 Å². The molecule has 0 unspecified atom stereocenters. The number of nitrogens with zero attached hydrogens (tertiary/aromatic N) is 1. The smallest absolute Gasteiger partial charge is 0.416 e. The first-order chi connectivity index (χ1) is 8.66. The van der Waals surface area contributed by atoms with Crippen molar-refractivity contribution in [2.45, 2.75) is 6.18 Å². The van der Waals surface area contributed by atoms with Crippen LogP contribution >= 0.6 is 35.0 Å². The number of hydrogen-bond acceptors (Lipinski definition) is 2. The Morgan fingerprint density at radius 2 is 1.90 bits per heavy atom. The maximum Gasteiger partial charge on any atom is 0.416 e. The van der Waals surface area contributed by atoms with Gasteiger partial charge in [-0.15, -0.1) is 12.4 Å². The third kappa shape index (κ3) is 4.40. The number of hydrogen-bond donors (Lipinski definition) is 2. The molecule has 0 aliphatic rings. The molecule has 0 saturated carbocycles. The molecule has 0 radical (unpaired) electrons. The summed E-state index contributed by atoms with van der Waals surface area (Å²) in [6, 6.07) is 1.52. The molecule has 1 aromatic carbocycles. The molecule has 0 spiro atoms. The monoisotopic (exact) mass is 423 g/mol. The molecule has 0 aromatic heterocycles. The molecule has 5 nitrogen and oxygen atoms in total. The summed E-state index contributed by atoms with van der Waals surface area (Å²) in [6.45, 7) is 0. The number of alkyl halides is 3. The van der Waals surface area contributed by atoms with Crippen molar-refractivity contribution in [1.29, 1.82) is 0 Å². The first-order valence-corrected chi connectivity index (χ1v) is 5.83. The maximum absolute atomic E-state index is 12.7. The molecule has 0 saturated heterocycles. The average molecular weight is 424 g/mol. The first-order valence-electron chi connectivity index (χ1n) is 4.75. The molecule has 0 aliphatic carbocycles. The topological polar surface area (TPSA) is 90.7 Å². The highest BCUT2D eigenvalue weighted by molar-refractivity contribution is 14.1. The molecule has 0 fully saturated rings. The SMILES string of the molecule is COc1c(I)cc(C(F)(F)F)cc1C(=O)N=C(N)N.Cl. The lowest BCUT2D eigenvalue weighted by atomic mass is 10.1. The molecule has 0 heterocycles. The fourth-order valence-electron chi connectivity index (χ4n) is 1.30. The van der Waals surface area contributed by atoms with Gasteiger partial charge in [0, 0.05) is 0 Å². The predicted octanol–water partition coefficient (Wildman–Crippen LogP) is 2.15. The number of guanidine groups is 1. The van der Waals surface area contributed by atoms with Gasteiger partial charge in [-0.05, 0) is 34.7 Å². The summed E-state index contributed by atoms with van der Waals surface area (Å²) >= 11 is 1.63. The summed E-state index contributed by atoms with van der Waals surface area (Å²) in [4.78, 5) is 14.9. The van der Waals surface area contributed by atoms with Crippen LogP contribution in [0, 0.1) is 3.57 Å². The van der Waals surface area contributed by atoms with Crippen LogP contribution in [0.5, 0.6) is 5.75 Å². The van der Waals surface area contributed by atoms with Gasteiger partial charge in [0.1, 0.15) is 5.75 Å². The fourth-order valence-corrected chi connectivity index (χ4v) is 2.15. The average Bonchev–Trinajstić information content (AvgIpc) is 2.25. The zero-order valence-electron chi connectivity index (χ0n) is 9.99. The Kier molecular flexibility index (Phi) is 6.54. The second-order valence-electron chi connectivity index (χ2n) is 3.38. The summed E-state index contributed by atoms with van der Waals surface area (Å²) in [5, 5.41) is 0. The second-order valence-corrected chi connectivity index (χ2v) is 4.54. The molecule has 0 atom stereocenters. The van der Waals surface area contributed by atoms with Gasteiger partial charge in [0.25, 0.3) is 5.91 Å². The van der Waals surface area contributed by atoms with Gasteiger partial charge in [0.2, 0.25) is 0 Å². The first kappa shape index (κ1) is 18.8. The Morgan fingerprint density at radius 3 is 2.30 bits per heavy atom. The highest BCUT2D eigenvalue weighted by Gasteiger charge is 2.33. The van der Waals surface area contributed by atoms with E-state index in [9.17, 15) is 18.0 Å². The largest absolute Gasteiger partial charge is 0.495 e. The van der Waals surface area contributed by atoms with Crippen LogP contribution in [0.4, 0.5) is 13.2 Å². The molecule has 4 N–H and O–H groups in total. The number of methoxy groups -OCH3 is 1. The van der Waals surface area contributed by atoms with Crippen molar-refractivity contribution in [3.05, 3.63) is 26.8 Å². The molecular formula is C10H10ClF3IN3O2. The molecule has 112 valence electrons. The van der Waals surface area contributed by atoms with Gasteiger partial charge in [0.05, 0.1) is 21.8 Å². The Hall–Kier alpha value is -1.23. The summed E-state index contributed by atoms with van der Waals surface area (Å²) in [5.74, 6) is -1.55.